The van der Waals surface area contributed by atoms with Crippen molar-refractivity contribution in [2.45, 2.75) is 12.7 Å². The van der Waals surface area contributed by atoms with Gasteiger partial charge in [0.2, 0.25) is 0 Å². The molecule has 1 aromatic rings. The zero-order chi connectivity index (χ0) is 10.6. The molecule has 0 aliphatic rings. The van der Waals surface area contributed by atoms with Gasteiger partial charge in [-0.25, -0.2) is 0 Å². The maximum atomic E-state index is 12.3. The molecule has 0 radical (unpaired) electrons. The summed E-state index contributed by atoms with van der Waals surface area (Å²) in [6.07, 6.45) is -2.36. The maximum Gasteiger partial charge on any atom is 0.416 e. The molecule has 1 heterocycles. The van der Waals surface area contributed by atoms with Gasteiger partial charge < -0.3 is 0 Å². The van der Waals surface area contributed by atoms with Crippen LogP contribution in [0.2, 0.25) is 0 Å². The minimum atomic E-state index is -4.44. The normalized spacial score (nSPS) is 10.8. The molecule has 0 amide bonds. The van der Waals surface area contributed by atoms with E-state index in [1.807, 2.05) is 0 Å². The second-order valence-corrected chi connectivity index (χ2v) is 2.42. The van der Waals surface area contributed by atoms with Gasteiger partial charge in [0.15, 0.2) is 0 Å². The highest BCUT2D eigenvalue weighted by Gasteiger charge is 2.32. The zero-order valence-electron chi connectivity index (χ0n) is 6.86. The summed E-state index contributed by atoms with van der Waals surface area (Å²) in [6.45, 7) is -0.348. The Labute approximate surface area is 77.0 Å². The summed E-state index contributed by atoms with van der Waals surface area (Å²) in [5, 5.41) is 3.06. The van der Waals surface area contributed by atoms with Crippen LogP contribution in [0, 0.1) is 0 Å². The number of rotatable bonds is 2. The van der Waals surface area contributed by atoms with Crippen LogP contribution in [0.1, 0.15) is 11.1 Å². The second-order valence-electron chi connectivity index (χ2n) is 2.42. The van der Waals surface area contributed by atoms with Crippen molar-refractivity contribution in [3.8, 4) is 0 Å². The van der Waals surface area contributed by atoms with Crippen molar-refractivity contribution >= 4 is 0 Å². The number of hydrogen-bond acceptors (Lipinski definition) is 2. The van der Waals surface area contributed by atoms with E-state index in [0.717, 1.165) is 18.5 Å². The SMILES string of the molecule is [N-]=[N+]=NCc1cnccc1C(F)(F)F. The van der Waals surface area contributed by atoms with Crippen LogP contribution in [-0.4, -0.2) is 4.98 Å². The van der Waals surface area contributed by atoms with Crippen LogP contribution >= 0.6 is 0 Å². The van der Waals surface area contributed by atoms with E-state index in [2.05, 4.69) is 15.0 Å². The van der Waals surface area contributed by atoms with Gasteiger partial charge in [-0.05, 0) is 17.2 Å². The Balaban J connectivity index is 3.09. The summed E-state index contributed by atoms with van der Waals surface area (Å²) in [4.78, 5) is 5.91. The van der Waals surface area contributed by atoms with Gasteiger partial charge in [0, 0.05) is 17.3 Å². The fourth-order valence-electron chi connectivity index (χ4n) is 0.938. The molecule has 0 spiro atoms. The Morgan fingerprint density at radius 3 is 2.79 bits per heavy atom. The lowest BCUT2D eigenvalue weighted by atomic mass is 10.1. The molecule has 14 heavy (non-hydrogen) atoms. The van der Waals surface area contributed by atoms with Crippen LogP contribution in [-0.2, 0) is 12.7 Å². The molecule has 0 N–H and O–H groups in total. The van der Waals surface area contributed by atoms with Crippen molar-refractivity contribution < 1.29 is 13.2 Å². The highest BCUT2D eigenvalue weighted by Crippen LogP contribution is 2.31. The van der Waals surface area contributed by atoms with Gasteiger partial charge in [-0.1, -0.05) is 5.11 Å². The average molecular weight is 202 g/mol. The molecule has 1 rings (SSSR count). The van der Waals surface area contributed by atoms with E-state index in [0.29, 0.717) is 0 Å². The number of hydrogen-bond donors (Lipinski definition) is 0. The summed E-state index contributed by atoms with van der Waals surface area (Å²) < 4.78 is 36.9. The van der Waals surface area contributed by atoms with Gasteiger partial charge in [-0.15, -0.1) is 0 Å². The number of nitrogens with zero attached hydrogens (tertiary/aromatic N) is 4. The van der Waals surface area contributed by atoms with E-state index in [1.54, 1.807) is 0 Å². The van der Waals surface area contributed by atoms with Gasteiger partial charge in [0.1, 0.15) is 0 Å². The standard InChI is InChI=1S/C7H5F3N4/c8-7(9,10)6-1-2-12-3-5(6)4-13-14-11/h1-3H,4H2. The number of aromatic nitrogens is 1. The molecule has 0 atom stereocenters. The predicted molar refractivity (Wildman–Crippen MR) is 42.1 cm³/mol. The summed E-state index contributed by atoms with van der Waals surface area (Å²) in [5.74, 6) is 0. The molecular formula is C7H5F3N4. The lowest BCUT2D eigenvalue weighted by Crippen LogP contribution is -2.08. The lowest BCUT2D eigenvalue weighted by Gasteiger charge is -2.09. The Hall–Kier alpha value is -1.75. The minimum absolute atomic E-state index is 0.127. The Kier molecular flexibility index (Phi) is 2.93. The highest BCUT2D eigenvalue weighted by atomic mass is 19.4. The third kappa shape index (κ3) is 2.37. The van der Waals surface area contributed by atoms with Crippen molar-refractivity contribution in [3.63, 3.8) is 0 Å². The van der Waals surface area contributed by atoms with Gasteiger partial charge >= 0.3 is 6.18 Å². The third-order valence-electron chi connectivity index (χ3n) is 1.51. The van der Waals surface area contributed by atoms with E-state index >= 15 is 0 Å². The van der Waals surface area contributed by atoms with Gasteiger partial charge in [-0.2, -0.15) is 13.2 Å². The van der Waals surface area contributed by atoms with E-state index < -0.39 is 11.7 Å². The van der Waals surface area contributed by atoms with Crippen LogP contribution in [0.5, 0.6) is 0 Å². The number of pyridine rings is 1. The molecule has 1 aromatic heterocycles. The van der Waals surface area contributed by atoms with Crippen molar-refractivity contribution in [3.05, 3.63) is 40.0 Å². The average Bonchev–Trinajstić information content (AvgIpc) is 2.14. The Bertz CT molecular complexity index is 367. The first-order valence-electron chi connectivity index (χ1n) is 3.56. The first-order chi connectivity index (χ1) is 6.55. The lowest BCUT2D eigenvalue weighted by molar-refractivity contribution is -0.138. The molecule has 0 saturated heterocycles. The smallest absolute Gasteiger partial charge is 0.264 e. The van der Waals surface area contributed by atoms with Crippen molar-refractivity contribution in [1.82, 2.24) is 4.98 Å². The predicted octanol–water partition coefficient (Wildman–Crippen LogP) is 2.91. The van der Waals surface area contributed by atoms with E-state index in [-0.39, 0.29) is 12.1 Å². The Morgan fingerprint density at radius 1 is 1.50 bits per heavy atom. The number of alkyl halides is 3. The third-order valence-corrected chi connectivity index (χ3v) is 1.51. The first kappa shape index (κ1) is 10.3. The van der Waals surface area contributed by atoms with E-state index in [1.165, 1.54) is 0 Å². The molecule has 4 nitrogen and oxygen atoms in total. The largest absolute Gasteiger partial charge is 0.416 e. The summed E-state index contributed by atoms with van der Waals surface area (Å²) in [6, 6.07) is 0.849. The van der Waals surface area contributed by atoms with Crippen LogP contribution < -0.4 is 0 Å². The zero-order valence-corrected chi connectivity index (χ0v) is 6.86. The number of azide groups is 1. The molecule has 0 aliphatic carbocycles. The molecule has 7 heteroatoms. The fourth-order valence-corrected chi connectivity index (χ4v) is 0.938. The van der Waals surface area contributed by atoms with Crippen LogP contribution in [0.15, 0.2) is 23.6 Å². The van der Waals surface area contributed by atoms with Crippen molar-refractivity contribution in [1.29, 1.82) is 0 Å². The molecule has 74 valence electrons. The summed E-state index contributed by atoms with van der Waals surface area (Å²) in [7, 11) is 0. The van der Waals surface area contributed by atoms with Crippen LogP contribution in [0.4, 0.5) is 13.2 Å². The molecule has 0 aromatic carbocycles. The molecule has 0 unspecified atom stereocenters. The second kappa shape index (κ2) is 3.97. The fraction of sp³-hybridized carbons (Fsp3) is 0.286. The molecule has 0 fully saturated rings. The maximum absolute atomic E-state index is 12.3. The summed E-state index contributed by atoms with van der Waals surface area (Å²) in [5.41, 5.74) is 7.03. The molecular weight excluding hydrogens is 197 g/mol. The minimum Gasteiger partial charge on any atom is -0.264 e. The van der Waals surface area contributed by atoms with E-state index in [9.17, 15) is 13.2 Å². The van der Waals surface area contributed by atoms with Gasteiger partial charge in [-0.3, -0.25) is 4.98 Å². The molecule has 0 aliphatic heterocycles. The first-order valence-corrected chi connectivity index (χ1v) is 3.56. The van der Waals surface area contributed by atoms with Crippen molar-refractivity contribution in [2.24, 2.45) is 5.11 Å². The topological polar surface area (TPSA) is 61.7 Å². The van der Waals surface area contributed by atoms with Crippen molar-refractivity contribution in [2.75, 3.05) is 0 Å². The van der Waals surface area contributed by atoms with Crippen LogP contribution in [0.25, 0.3) is 10.4 Å². The van der Waals surface area contributed by atoms with E-state index in [4.69, 9.17) is 5.53 Å². The highest BCUT2D eigenvalue weighted by molar-refractivity contribution is 5.26. The Morgan fingerprint density at radius 2 is 2.21 bits per heavy atom. The number of halogens is 3. The molecule has 0 bridgehead atoms. The monoisotopic (exact) mass is 202 g/mol. The van der Waals surface area contributed by atoms with Gasteiger partial charge in [0.25, 0.3) is 0 Å². The summed E-state index contributed by atoms with van der Waals surface area (Å²) >= 11 is 0. The van der Waals surface area contributed by atoms with Gasteiger partial charge in [0.05, 0.1) is 12.1 Å². The van der Waals surface area contributed by atoms with Crippen LogP contribution in [0.3, 0.4) is 0 Å². The molecule has 0 saturated carbocycles. The quantitative estimate of drug-likeness (QED) is 0.413.